The Labute approximate surface area is 181 Å². The zero-order valence-corrected chi connectivity index (χ0v) is 18.4. The lowest BCUT2D eigenvalue weighted by Crippen LogP contribution is -2.30. The molecule has 1 unspecified atom stereocenters. The molecule has 31 heavy (non-hydrogen) atoms. The number of hydrogen-bond acceptors (Lipinski definition) is 6. The number of carbonyl (C=O) groups excluding carboxylic acids is 2. The molecule has 1 saturated heterocycles. The number of aliphatic hydroxyl groups is 1. The van der Waals surface area contributed by atoms with Crippen molar-refractivity contribution in [2.75, 3.05) is 27.9 Å². The van der Waals surface area contributed by atoms with Crippen molar-refractivity contribution in [3.63, 3.8) is 0 Å². The number of ether oxygens (including phenoxy) is 3. The topological polar surface area (TPSA) is 85.3 Å². The second-order valence-corrected chi connectivity index (χ2v) is 7.29. The first kappa shape index (κ1) is 22.2. The molecule has 164 valence electrons. The standard InChI is InChI=1S/C24H27NO6/c1-6-11-25-21(15-7-10-18(30-4)19(13-15)31-5)20(23(27)24(25)28)22(26)16-8-9-17(29-3)14(2)12-16/h7-10,12-13,21,26H,6,11H2,1-5H3/b22-20-. The van der Waals surface area contributed by atoms with E-state index in [0.29, 0.717) is 41.3 Å². The Morgan fingerprint density at radius 1 is 0.968 bits per heavy atom. The number of nitrogens with zero attached hydrogens (tertiary/aromatic N) is 1. The number of methoxy groups -OCH3 is 3. The van der Waals surface area contributed by atoms with Gasteiger partial charge in [0, 0.05) is 12.1 Å². The zero-order valence-electron chi connectivity index (χ0n) is 18.4. The molecule has 1 aliphatic rings. The predicted octanol–water partition coefficient (Wildman–Crippen LogP) is 3.85. The second-order valence-electron chi connectivity index (χ2n) is 7.29. The van der Waals surface area contributed by atoms with Crippen LogP contribution in [0, 0.1) is 6.92 Å². The van der Waals surface area contributed by atoms with Crippen LogP contribution < -0.4 is 14.2 Å². The maximum atomic E-state index is 13.0. The zero-order chi connectivity index (χ0) is 22.7. The van der Waals surface area contributed by atoms with Gasteiger partial charge in [-0.2, -0.15) is 0 Å². The SMILES string of the molecule is CCCN1C(=O)C(=O)/C(=C(\O)c2ccc(OC)c(C)c2)C1c1ccc(OC)c(OC)c1. The molecule has 0 saturated carbocycles. The molecular weight excluding hydrogens is 398 g/mol. The Kier molecular flexibility index (Phi) is 6.53. The van der Waals surface area contributed by atoms with Crippen LogP contribution in [-0.2, 0) is 9.59 Å². The van der Waals surface area contributed by atoms with E-state index in [4.69, 9.17) is 14.2 Å². The third kappa shape index (κ3) is 3.95. The highest BCUT2D eigenvalue weighted by atomic mass is 16.5. The van der Waals surface area contributed by atoms with Crippen molar-refractivity contribution in [1.82, 2.24) is 4.90 Å². The summed E-state index contributed by atoms with van der Waals surface area (Å²) in [5.41, 5.74) is 1.95. The number of aliphatic hydroxyl groups excluding tert-OH is 1. The molecule has 0 aliphatic carbocycles. The Bertz CT molecular complexity index is 1040. The summed E-state index contributed by atoms with van der Waals surface area (Å²) in [6.45, 7) is 4.15. The lowest BCUT2D eigenvalue weighted by Gasteiger charge is -2.25. The minimum atomic E-state index is -0.734. The summed E-state index contributed by atoms with van der Waals surface area (Å²) in [5, 5.41) is 11.1. The monoisotopic (exact) mass is 425 g/mol. The molecule has 1 fully saturated rings. The lowest BCUT2D eigenvalue weighted by molar-refractivity contribution is -0.139. The number of ketones is 1. The van der Waals surface area contributed by atoms with E-state index in [1.807, 2.05) is 13.8 Å². The maximum Gasteiger partial charge on any atom is 0.295 e. The smallest absolute Gasteiger partial charge is 0.295 e. The average Bonchev–Trinajstić information content (AvgIpc) is 3.03. The van der Waals surface area contributed by atoms with Gasteiger partial charge in [-0.25, -0.2) is 0 Å². The number of carbonyl (C=O) groups is 2. The van der Waals surface area contributed by atoms with Crippen LogP contribution >= 0.6 is 0 Å². The largest absolute Gasteiger partial charge is 0.507 e. The molecule has 7 nitrogen and oxygen atoms in total. The molecular formula is C24H27NO6. The Hall–Kier alpha value is -3.48. The molecule has 1 heterocycles. The van der Waals surface area contributed by atoms with Crippen molar-refractivity contribution in [2.45, 2.75) is 26.3 Å². The molecule has 2 aromatic carbocycles. The fourth-order valence-corrected chi connectivity index (χ4v) is 3.90. The van der Waals surface area contributed by atoms with Crippen LogP contribution in [-0.4, -0.2) is 49.6 Å². The van der Waals surface area contributed by atoms with Gasteiger partial charge in [0.2, 0.25) is 0 Å². The van der Waals surface area contributed by atoms with Gasteiger partial charge in [-0.3, -0.25) is 9.59 Å². The number of aryl methyl sites for hydroxylation is 1. The summed E-state index contributed by atoms with van der Waals surface area (Å²) in [6.07, 6.45) is 0.665. The van der Waals surface area contributed by atoms with Crippen LogP contribution in [0.3, 0.4) is 0 Å². The summed E-state index contributed by atoms with van der Waals surface area (Å²) in [4.78, 5) is 27.3. The fourth-order valence-electron chi connectivity index (χ4n) is 3.90. The number of amides is 1. The number of Topliss-reactive ketones (excluding diaryl/α,β-unsaturated/α-hetero) is 1. The molecule has 0 bridgehead atoms. The molecule has 0 spiro atoms. The van der Waals surface area contributed by atoms with Crippen molar-refractivity contribution in [2.24, 2.45) is 0 Å². The highest BCUT2D eigenvalue weighted by molar-refractivity contribution is 6.46. The molecule has 3 rings (SSSR count). The van der Waals surface area contributed by atoms with Crippen molar-refractivity contribution in [1.29, 1.82) is 0 Å². The van der Waals surface area contributed by atoms with Gasteiger partial charge < -0.3 is 24.2 Å². The van der Waals surface area contributed by atoms with Gasteiger partial charge in [0.25, 0.3) is 11.7 Å². The van der Waals surface area contributed by atoms with E-state index in [0.717, 1.165) is 5.56 Å². The van der Waals surface area contributed by atoms with E-state index >= 15 is 0 Å². The van der Waals surface area contributed by atoms with Gasteiger partial charge in [-0.05, 0) is 54.8 Å². The Balaban J connectivity index is 2.21. The van der Waals surface area contributed by atoms with Gasteiger partial charge in [0.15, 0.2) is 11.5 Å². The fraction of sp³-hybridized carbons (Fsp3) is 0.333. The first-order valence-corrected chi connectivity index (χ1v) is 10.0. The first-order valence-electron chi connectivity index (χ1n) is 10.0. The number of likely N-dealkylation sites (tertiary alicyclic amines) is 1. The first-order chi connectivity index (χ1) is 14.9. The van der Waals surface area contributed by atoms with Crippen LogP contribution in [0.2, 0.25) is 0 Å². The van der Waals surface area contributed by atoms with Crippen molar-refractivity contribution in [3.8, 4) is 17.2 Å². The minimum absolute atomic E-state index is 0.0511. The Morgan fingerprint density at radius 2 is 1.61 bits per heavy atom. The van der Waals surface area contributed by atoms with Crippen LogP contribution in [0.1, 0.15) is 36.1 Å². The highest BCUT2D eigenvalue weighted by Gasteiger charge is 2.45. The van der Waals surface area contributed by atoms with Gasteiger partial charge in [0.05, 0.1) is 32.9 Å². The third-order valence-corrected chi connectivity index (χ3v) is 5.40. The Morgan fingerprint density at radius 3 is 2.19 bits per heavy atom. The lowest BCUT2D eigenvalue weighted by atomic mass is 9.94. The number of benzene rings is 2. The van der Waals surface area contributed by atoms with E-state index in [2.05, 4.69) is 0 Å². The van der Waals surface area contributed by atoms with Gasteiger partial charge >= 0.3 is 0 Å². The molecule has 1 aliphatic heterocycles. The van der Waals surface area contributed by atoms with Crippen LogP contribution in [0.15, 0.2) is 42.0 Å². The normalized spacial score (nSPS) is 17.7. The molecule has 0 aromatic heterocycles. The third-order valence-electron chi connectivity index (χ3n) is 5.40. The van der Waals surface area contributed by atoms with Gasteiger partial charge in [-0.1, -0.05) is 13.0 Å². The van der Waals surface area contributed by atoms with Crippen molar-refractivity contribution in [3.05, 3.63) is 58.7 Å². The molecule has 2 aromatic rings. The summed E-state index contributed by atoms with van der Waals surface area (Å²) in [6, 6.07) is 9.60. The quantitative estimate of drug-likeness (QED) is 0.412. The maximum absolute atomic E-state index is 13.0. The predicted molar refractivity (Wildman–Crippen MR) is 117 cm³/mol. The van der Waals surface area contributed by atoms with E-state index < -0.39 is 17.7 Å². The molecule has 0 radical (unpaired) electrons. The van der Waals surface area contributed by atoms with Crippen LogP contribution in [0.5, 0.6) is 17.2 Å². The average molecular weight is 425 g/mol. The molecule has 1 amide bonds. The van der Waals surface area contributed by atoms with E-state index in [1.54, 1.807) is 43.5 Å². The summed E-state index contributed by atoms with van der Waals surface area (Å²) in [5.74, 6) is 0.112. The molecule has 1 atom stereocenters. The van der Waals surface area contributed by atoms with Crippen LogP contribution in [0.25, 0.3) is 5.76 Å². The van der Waals surface area contributed by atoms with E-state index in [1.165, 1.54) is 19.1 Å². The van der Waals surface area contributed by atoms with Crippen molar-refractivity contribution < 1.29 is 28.9 Å². The van der Waals surface area contributed by atoms with Gasteiger partial charge in [-0.15, -0.1) is 0 Å². The molecule has 1 N–H and O–H groups in total. The summed E-state index contributed by atoms with van der Waals surface area (Å²) >= 11 is 0. The van der Waals surface area contributed by atoms with Gasteiger partial charge in [0.1, 0.15) is 11.5 Å². The number of rotatable bonds is 7. The molecule has 7 heteroatoms. The second kappa shape index (κ2) is 9.12. The summed E-state index contributed by atoms with van der Waals surface area (Å²) in [7, 11) is 4.62. The summed E-state index contributed by atoms with van der Waals surface area (Å²) < 4.78 is 16.0. The van der Waals surface area contributed by atoms with E-state index in [9.17, 15) is 14.7 Å². The number of hydrogen-bond donors (Lipinski definition) is 1. The minimum Gasteiger partial charge on any atom is -0.507 e. The van der Waals surface area contributed by atoms with Crippen molar-refractivity contribution >= 4 is 17.4 Å². The highest BCUT2D eigenvalue weighted by Crippen LogP contribution is 2.42. The van der Waals surface area contributed by atoms with Crippen LogP contribution in [0.4, 0.5) is 0 Å². The van der Waals surface area contributed by atoms with E-state index in [-0.39, 0.29) is 11.3 Å².